The molecule has 3 nitrogen and oxygen atoms in total. The molecule has 0 bridgehead atoms. The fourth-order valence-corrected chi connectivity index (χ4v) is 3.01. The van der Waals surface area contributed by atoms with Gasteiger partial charge in [0.25, 0.3) is 0 Å². The van der Waals surface area contributed by atoms with Crippen molar-refractivity contribution in [3.05, 3.63) is 51.5 Å². The molecule has 0 amide bonds. The monoisotopic (exact) mass is 352 g/mol. The molecular weight excluding hydrogens is 335 g/mol. The minimum atomic E-state index is -0.312. The summed E-state index contributed by atoms with van der Waals surface area (Å²) in [7, 11) is 0. The third-order valence-corrected chi connectivity index (χ3v) is 4.26. The van der Waals surface area contributed by atoms with Gasteiger partial charge >= 0.3 is 0 Å². The van der Waals surface area contributed by atoms with Gasteiger partial charge < -0.3 is 0 Å². The summed E-state index contributed by atoms with van der Waals surface area (Å²) in [5, 5.41) is 4.48. The van der Waals surface area contributed by atoms with Crippen LogP contribution in [0.2, 0.25) is 0 Å². The second-order valence-electron chi connectivity index (χ2n) is 4.90. The molecule has 1 aromatic heterocycles. The Balaban J connectivity index is 2.14. The lowest BCUT2D eigenvalue weighted by atomic mass is 10.1. The molecule has 0 unspecified atom stereocenters. The van der Waals surface area contributed by atoms with Gasteiger partial charge in [-0.05, 0) is 47.0 Å². The number of carbonyl (C=O) groups excluding carboxylic acids is 1. The van der Waals surface area contributed by atoms with Crippen LogP contribution >= 0.6 is 15.9 Å². The lowest BCUT2D eigenvalue weighted by Crippen LogP contribution is -2.12. The number of ketones is 1. The molecule has 0 saturated carbocycles. The molecule has 0 spiro atoms. The number of halogens is 2. The van der Waals surface area contributed by atoms with Crippen molar-refractivity contribution in [2.24, 2.45) is 0 Å². The van der Waals surface area contributed by atoms with Gasteiger partial charge in [-0.1, -0.05) is 19.1 Å². The van der Waals surface area contributed by atoms with E-state index in [0.717, 1.165) is 28.8 Å². The molecule has 0 aliphatic heterocycles. The number of carbonyl (C=O) groups is 1. The standard InChI is InChI=1S/C16H18BrFN2O/c1-3-14-16(17)15(20(4-2)19-14)10-13(21)9-11-6-5-7-12(18)8-11/h5-8H,3-4,9-10H2,1-2H3. The van der Waals surface area contributed by atoms with Gasteiger partial charge in [-0.3, -0.25) is 9.48 Å². The van der Waals surface area contributed by atoms with Gasteiger partial charge in [-0.25, -0.2) is 4.39 Å². The molecule has 21 heavy (non-hydrogen) atoms. The number of Topliss-reactive ketones (excluding diaryl/α,β-unsaturated/α-hetero) is 1. The van der Waals surface area contributed by atoms with Crippen LogP contribution in [-0.2, 0) is 30.6 Å². The topological polar surface area (TPSA) is 34.9 Å². The maximum absolute atomic E-state index is 13.1. The van der Waals surface area contributed by atoms with E-state index in [0.29, 0.717) is 12.0 Å². The summed E-state index contributed by atoms with van der Waals surface area (Å²) in [5.74, 6) is -0.257. The highest BCUT2D eigenvalue weighted by Crippen LogP contribution is 2.23. The van der Waals surface area contributed by atoms with Crippen molar-refractivity contribution in [2.75, 3.05) is 0 Å². The Morgan fingerprint density at radius 1 is 1.33 bits per heavy atom. The summed E-state index contributed by atoms with van der Waals surface area (Å²) in [5.41, 5.74) is 2.57. The van der Waals surface area contributed by atoms with Gasteiger partial charge in [0, 0.05) is 19.4 Å². The van der Waals surface area contributed by atoms with Crippen LogP contribution in [-0.4, -0.2) is 15.6 Å². The quantitative estimate of drug-likeness (QED) is 0.793. The molecule has 5 heteroatoms. The fraction of sp³-hybridized carbons (Fsp3) is 0.375. The molecule has 0 aliphatic carbocycles. The van der Waals surface area contributed by atoms with Crippen LogP contribution in [0.15, 0.2) is 28.7 Å². The van der Waals surface area contributed by atoms with Crippen LogP contribution in [0.25, 0.3) is 0 Å². The average Bonchev–Trinajstić information content (AvgIpc) is 2.75. The Hall–Kier alpha value is -1.49. The smallest absolute Gasteiger partial charge is 0.143 e. The van der Waals surface area contributed by atoms with Crippen LogP contribution in [0.3, 0.4) is 0 Å². The van der Waals surface area contributed by atoms with Crippen LogP contribution < -0.4 is 0 Å². The molecule has 0 fully saturated rings. The van der Waals surface area contributed by atoms with E-state index in [1.165, 1.54) is 12.1 Å². The van der Waals surface area contributed by atoms with Gasteiger partial charge in [-0.15, -0.1) is 0 Å². The molecule has 0 radical (unpaired) electrons. The maximum atomic E-state index is 13.1. The lowest BCUT2D eigenvalue weighted by molar-refractivity contribution is -0.117. The van der Waals surface area contributed by atoms with E-state index < -0.39 is 0 Å². The SMILES string of the molecule is CCc1nn(CC)c(CC(=O)Cc2cccc(F)c2)c1Br. The zero-order valence-electron chi connectivity index (χ0n) is 12.2. The number of hydrogen-bond acceptors (Lipinski definition) is 2. The molecule has 112 valence electrons. The van der Waals surface area contributed by atoms with Crippen LogP contribution in [0.5, 0.6) is 0 Å². The first-order valence-electron chi connectivity index (χ1n) is 7.05. The van der Waals surface area contributed by atoms with E-state index in [-0.39, 0.29) is 18.0 Å². The zero-order valence-corrected chi connectivity index (χ0v) is 13.8. The van der Waals surface area contributed by atoms with Crippen LogP contribution in [0.4, 0.5) is 4.39 Å². The van der Waals surface area contributed by atoms with E-state index in [9.17, 15) is 9.18 Å². The van der Waals surface area contributed by atoms with Crippen molar-refractivity contribution in [3.63, 3.8) is 0 Å². The van der Waals surface area contributed by atoms with Crippen molar-refractivity contribution in [3.8, 4) is 0 Å². The Bertz CT molecular complexity index is 652. The third kappa shape index (κ3) is 3.79. The summed E-state index contributed by atoms with van der Waals surface area (Å²) >= 11 is 3.53. The number of aromatic nitrogens is 2. The van der Waals surface area contributed by atoms with Crippen molar-refractivity contribution < 1.29 is 9.18 Å². The van der Waals surface area contributed by atoms with Crippen molar-refractivity contribution >= 4 is 21.7 Å². The predicted molar refractivity (Wildman–Crippen MR) is 83.8 cm³/mol. The molecule has 0 N–H and O–H groups in total. The van der Waals surface area contributed by atoms with E-state index in [1.54, 1.807) is 12.1 Å². The van der Waals surface area contributed by atoms with Crippen LogP contribution in [0, 0.1) is 5.82 Å². The van der Waals surface area contributed by atoms with E-state index in [2.05, 4.69) is 21.0 Å². The van der Waals surface area contributed by atoms with Gasteiger partial charge in [0.1, 0.15) is 11.6 Å². The Morgan fingerprint density at radius 3 is 2.71 bits per heavy atom. The van der Waals surface area contributed by atoms with Gasteiger partial charge in [-0.2, -0.15) is 5.10 Å². The highest BCUT2D eigenvalue weighted by atomic mass is 79.9. The highest BCUT2D eigenvalue weighted by molar-refractivity contribution is 9.10. The molecule has 1 heterocycles. The maximum Gasteiger partial charge on any atom is 0.143 e. The summed E-state index contributed by atoms with van der Waals surface area (Å²) in [6.45, 7) is 4.76. The summed E-state index contributed by atoms with van der Waals surface area (Å²) in [6.07, 6.45) is 1.36. The molecule has 2 aromatic rings. The van der Waals surface area contributed by atoms with Crippen molar-refractivity contribution in [2.45, 2.75) is 39.7 Å². The minimum absolute atomic E-state index is 0.0542. The first-order chi connectivity index (χ1) is 10.0. The normalized spacial score (nSPS) is 10.9. The molecule has 0 aliphatic rings. The highest BCUT2D eigenvalue weighted by Gasteiger charge is 2.17. The summed E-state index contributed by atoms with van der Waals surface area (Å²) in [6, 6.07) is 6.18. The third-order valence-electron chi connectivity index (χ3n) is 3.35. The van der Waals surface area contributed by atoms with Gasteiger partial charge in [0.2, 0.25) is 0 Å². The summed E-state index contributed by atoms with van der Waals surface area (Å²) < 4.78 is 15.9. The Morgan fingerprint density at radius 2 is 2.10 bits per heavy atom. The van der Waals surface area contributed by atoms with Crippen molar-refractivity contribution in [1.82, 2.24) is 9.78 Å². The molecular formula is C16H18BrFN2O. The minimum Gasteiger partial charge on any atom is -0.299 e. The summed E-state index contributed by atoms with van der Waals surface area (Å²) in [4.78, 5) is 12.2. The van der Waals surface area contributed by atoms with Crippen LogP contribution in [0.1, 0.15) is 30.8 Å². The fourth-order valence-electron chi connectivity index (χ4n) is 2.31. The second kappa shape index (κ2) is 6.98. The van der Waals surface area contributed by atoms with E-state index >= 15 is 0 Å². The van der Waals surface area contributed by atoms with Crippen molar-refractivity contribution in [1.29, 1.82) is 0 Å². The average molecular weight is 353 g/mol. The Kier molecular flexibility index (Phi) is 5.28. The van der Waals surface area contributed by atoms with E-state index in [1.807, 2.05) is 18.5 Å². The molecule has 2 rings (SSSR count). The number of nitrogens with zero attached hydrogens (tertiary/aromatic N) is 2. The molecule has 1 aromatic carbocycles. The number of hydrogen-bond donors (Lipinski definition) is 0. The zero-order chi connectivity index (χ0) is 15.4. The molecule has 0 saturated heterocycles. The number of benzene rings is 1. The Labute approximate surface area is 132 Å². The molecule has 0 atom stereocenters. The second-order valence-corrected chi connectivity index (χ2v) is 5.69. The number of aryl methyl sites for hydroxylation is 2. The number of rotatable bonds is 6. The predicted octanol–water partition coefficient (Wildman–Crippen LogP) is 3.72. The lowest BCUT2D eigenvalue weighted by Gasteiger charge is -2.05. The first-order valence-corrected chi connectivity index (χ1v) is 7.84. The van der Waals surface area contributed by atoms with Gasteiger partial charge in [0.15, 0.2) is 0 Å². The first kappa shape index (κ1) is 15.9. The van der Waals surface area contributed by atoms with E-state index in [4.69, 9.17) is 0 Å². The largest absolute Gasteiger partial charge is 0.299 e. The van der Waals surface area contributed by atoms with Gasteiger partial charge in [0.05, 0.1) is 15.9 Å².